The molecular weight excluding hydrogens is 438 g/mol. The molecule has 0 saturated carbocycles. The Kier molecular flexibility index (Phi) is 6.28. The van der Waals surface area contributed by atoms with Gasteiger partial charge in [0.25, 0.3) is 0 Å². The summed E-state index contributed by atoms with van der Waals surface area (Å²) in [7, 11) is 4.11. The Morgan fingerprint density at radius 2 is 1.71 bits per heavy atom. The largest absolute Gasteiger partial charge is 0.424 e. The van der Waals surface area contributed by atoms with Crippen molar-refractivity contribution < 1.29 is 4.74 Å². The molecule has 3 aromatic heterocycles. The monoisotopic (exact) mass is 463 g/mol. The number of aromatic nitrogens is 6. The topological polar surface area (TPSA) is 81.9 Å². The van der Waals surface area contributed by atoms with E-state index in [9.17, 15) is 0 Å². The van der Waals surface area contributed by atoms with Crippen molar-refractivity contribution in [1.82, 2.24) is 34.8 Å². The van der Waals surface area contributed by atoms with Gasteiger partial charge in [0.1, 0.15) is 11.4 Å². The van der Waals surface area contributed by atoms with Crippen molar-refractivity contribution in [2.45, 2.75) is 13.5 Å². The molecule has 0 N–H and O–H groups in total. The van der Waals surface area contributed by atoms with Crippen LogP contribution in [0.25, 0.3) is 28.1 Å². The van der Waals surface area contributed by atoms with E-state index in [2.05, 4.69) is 56.4 Å². The normalized spacial score (nSPS) is 11.1. The number of benzene rings is 2. The fraction of sp³-hybridized carbons (Fsp3) is 0.148. The minimum atomic E-state index is 0.273. The second-order valence-corrected chi connectivity index (χ2v) is 8.53. The molecule has 0 atom stereocenters. The van der Waals surface area contributed by atoms with E-state index < -0.39 is 0 Å². The van der Waals surface area contributed by atoms with Gasteiger partial charge in [-0.05, 0) is 50.3 Å². The van der Waals surface area contributed by atoms with Crippen molar-refractivity contribution in [3.8, 4) is 39.8 Å². The molecule has 0 aliphatic rings. The lowest BCUT2D eigenvalue weighted by Crippen LogP contribution is -2.10. The van der Waals surface area contributed by atoms with Crippen LogP contribution in [0, 0.1) is 6.92 Å². The van der Waals surface area contributed by atoms with Gasteiger partial charge in [-0.25, -0.2) is 14.6 Å². The number of ether oxygens (including phenoxy) is 1. The van der Waals surface area contributed by atoms with Gasteiger partial charge in [-0.1, -0.05) is 35.5 Å². The van der Waals surface area contributed by atoms with Crippen LogP contribution in [-0.2, 0) is 6.54 Å². The SMILES string of the molecule is Cc1ccc(-n2cc(-c3cccc(CN(C)C)c3)nn2)cc1Oc1ncc(-c2cccnc2)cn1. The van der Waals surface area contributed by atoms with Crippen LogP contribution in [0.1, 0.15) is 11.1 Å². The standard InChI is InChI=1S/C27H25N7O/c1-19-9-10-24(34-18-25(31-32-34)21-7-4-6-20(12-21)17-33(2)3)13-26(19)35-27-29-15-23(16-30-27)22-8-5-11-28-14-22/h4-16,18H,17H2,1-3H3. The number of nitrogens with zero attached hydrogens (tertiary/aromatic N) is 7. The molecule has 174 valence electrons. The first kappa shape index (κ1) is 22.4. The van der Waals surface area contributed by atoms with E-state index in [-0.39, 0.29) is 6.01 Å². The number of rotatable bonds is 7. The average Bonchev–Trinajstić information content (AvgIpc) is 3.37. The van der Waals surface area contributed by atoms with Crippen LogP contribution >= 0.6 is 0 Å². The maximum Gasteiger partial charge on any atom is 0.321 e. The Morgan fingerprint density at radius 1 is 0.886 bits per heavy atom. The zero-order valence-electron chi connectivity index (χ0n) is 19.8. The Hall–Kier alpha value is -4.43. The highest BCUT2D eigenvalue weighted by Gasteiger charge is 2.11. The molecule has 8 heteroatoms. The van der Waals surface area contributed by atoms with Gasteiger partial charge in [0.15, 0.2) is 0 Å². The molecule has 2 aromatic carbocycles. The molecule has 0 aliphatic carbocycles. The van der Waals surface area contributed by atoms with Gasteiger partial charge < -0.3 is 9.64 Å². The first-order chi connectivity index (χ1) is 17.0. The van der Waals surface area contributed by atoms with Gasteiger partial charge >= 0.3 is 6.01 Å². The maximum absolute atomic E-state index is 6.00. The van der Waals surface area contributed by atoms with E-state index in [4.69, 9.17) is 4.74 Å². The Morgan fingerprint density at radius 3 is 2.49 bits per heavy atom. The molecule has 35 heavy (non-hydrogen) atoms. The summed E-state index contributed by atoms with van der Waals surface area (Å²) in [6, 6.07) is 18.3. The van der Waals surface area contributed by atoms with Crippen LogP contribution in [0.4, 0.5) is 0 Å². The lowest BCUT2D eigenvalue weighted by molar-refractivity contribution is 0.402. The highest BCUT2D eigenvalue weighted by atomic mass is 16.5. The lowest BCUT2D eigenvalue weighted by atomic mass is 10.1. The summed E-state index contributed by atoms with van der Waals surface area (Å²) in [4.78, 5) is 15.0. The van der Waals surface area contributed by atoms with E-state index in [0.29, 0.717) is 5.75 Å². The van der Waals surface area contributed by atoms with Crippen molar-refractivity contribution in [3.63, 3.8) is 0 Å². The Bertz CT molecular complexity index is 1430. The second-order valence-electron chi connectivity index (χ2n) is 8.53. The molecule has 8 nitrogen and oxygen atoms in total. The minimum absolute atomic E-state index is 0.273. The summed E-state index contributed by atoms with van der Waals surface area (Å²) in [5, 5.41) is 8.73. The van der Waals surface area contributed by atoms with E-state index in [1.165, 1.54) is 5.56 Å². The summed E-state index contributed by atoms with van der Waals surface area (Å²) in [6.07, 6.45) is 8.89. The second kappa shape index (κ2) is 9.82. The van der Waals surface area contributed by atoms with Gasteiger partial charge in [-0.2, -0.15) is 0 Å². The molecule has 0 unspecified atom stereocenters. The number of hydrogen-bond donors (Lipinski definition) is 0. The van der Waals surface area contributed by atoms with Gasteiger partial charge in [0.2, 0.25) is 0 Å². The van der Waals surface area contributed by atoms with Crippen molar-refractivity contribution in [3.05, 3.63) is 96.7 Å². The molecule has 0 spiro atoms. The van der Waals surface area contributed by atoms with E-state index in [0.717, 1.165) is 40.2 Å². The average molecular weight is 464 g/mol. The third kappa shape index (κ3) is 5.23. The summed E-state index contributed by atoms with van der Waals surface area (Å²) >= 11 is 0. The molecule has 0 bridgehead atoms. The van der Waals surface area contributed by atoms with Crippen molar-refractivity contribution in [2.24, 2.45) is 0 Å². The van der Waals surface area contributed by atoms with Gasteiger partial charge in [0.05, 0.1) is 11.9 Å². The third-order valence-electron chi connectivity index (χ3n) is 5.48. The molecule has 0 saturated heterocycles. The zero-order chi connectivity index (χ0) is 24.2. The van der Waals surface area contributed by atoms with E-state index >= 15 is 0 Å². The number of pyridine rings is 1. The molecule has 0 fully saturated rings. The predicted octanol–water partition coefficient (Wildman–Crippen LogP) is 4.95. The van der Waals surface area contributed by atoms with Crippen LogP contribution in [0.15, 0.2) is 85.6 Å². The highest BCUT2D eigenvalue weighted by Crippen LogP contribution is 2.27. The third-order valence-corrected chi connectivity index (χ3v) is 5.48. The molecule has 3 heterocycles. The van der Waals surface area contributed by atoms with Gasteiger partial charge in [0, 0.05) is 54.1 Å². The summed E-state index contributed by atoms with van der Waals surface area (Å²) in [5.41, 5.74) is 6.69. The van der Waals surface area contributed by atoms with Gasteiger partial charge in [-0.3, -0.25) is 4.98 Å². The molecule has 5 rings (SSSR count). The fourth-order valence-electron chi connectivity index (χ4n) is 3.71. The van der Waals surface area contributed by atoms with Gasteiger partial charge in [-0.15, -0.1) is 5.10 Å². The first-order valence-electron chi connectivity index (χ1n) is 11.2. The highest BCUT2D eigenvalue weighted by molar-refractivity contribution is 5.60. The van der Waals surface area contributed by atoms with Crippen LogP contribution < -0.4 is 4.74 Å². The Labute approximate surface area is 203 Å². The summed E-state index contributed by atoms with van der Waals surface area (Å²) < 4.78 is 7.74. The smallest absolute Gasteiger partial charge is 0.321 e. The zero-order valence-corrected chi connectivity index (χ0v) is 19.8. The van der Waals surface area contributed by atoms with Crippen molar-refractivity contribution in [2.75, 3.05) is 14.1 Å². The van der Waals surface area contributed by atoms with Crippen LogP contribution in [-0.4, -0.2) is 48.9 Å². The quantitative estimate of drug-likeness (QED) is 0.338. The molecule has 0 amide bonds. The van der Waals surface area contributed by atoms with Crippen molar-refractivity contribution >= 4 is 0 Å². The van der Waals surface area contributed by atoms with Crippen molar-refractivity contribution in [1.29, 1.82) is 0 Å². The van der Waals surface area contributed by atoms with E-state index in [1.54, 1.807) is 29.5 Å². The van der Waals surface area contributed by atoms with E-state index in [1.807, 2.05) is 55.6 Å². The summed E-state index contributed by atoms with van der Waals surface area (Å²) in [5.74, 6) is 0.654. The lowest BCUT2D eigenvalue weighted by Gasteiger charge is -2.10. The Balaban J connectivity index is 1.36. The molecule has 0 radical (unpaired) electrons. The minimum Gasteiger partial charge on any atom is -0.424 e. The summed E-state index contributed by atoms with van der Waals surface area (Å²) in [6.45, 7) is 2.85. The first-order valence-corrected chi connectivity index (χ1v) is 11.2. The van der Waals surface area contributed by atoms with Crippen LogP contribution in [0.5, 0.6) is 11.8 Å². The molecule has 5 aromatic rings. The number of hydrogen-bond acceptors (Lipinski definition) is 7. The maximum atomic E-state index is 6.00. The van der Waals surface area contributed by atoms with Crippen LogP contribution in [0.3, 0.4) is 0 Å². The molecular formula is C27H25N7O. The predicted molar refractivity (Wildman–Crippen MR) is 134 cm³/mol. The molecule has 0 aliphatic heterocycles. The number of aryl methyl sites for hydroxylation is 1. The van der Waals surface area contributed by atoms with Crippen LogP contribution in [0.2, 0.25) is 0 Å². The fourth-order valence-corrected chi connectivity index (χ4v) is 3.71.